The van der Waals surface area contributed by atoms with Crippen molar-refractivity contribution < 1.29 is 19.1 Å². The minimum absolute atomic E-state index is 0.178. The average Bonchev–Trinajstić information content (AvgIpc) is 3.00. The first-order chi connectivity index (χ1) is 12.1. The molecule has 0 spiro atoms. The molecule has 1 heterocycles. The SMILES string of the molecule is COC(=O)C(c1ccccc1)c1cc2ccc(OC)cc2n1C(C)=O. The molecule has 5 heteroatoms. The molecule has 1 atom stereocenters. The molecule has 0 aliphatic heterocycles. The second-order valence-corrected chi connectivity index (χ2v) is 5.72. The van der Waals surface area contributed by atoms with Crippen molar-refractivity contribution in [3.8, 4) is 5.75 Å². The number of benzene rings is 2. The van der Waals surface area contributed by atoms with E-state index >= 15 is 0 Å². The van der Waals surface area contributed by atoms with Crippen LogP contribution in [-0.4, -0.2) is 30.7 Å². The molecule has 0 saturated heterocycles. The third kappa shape index (κ3) is 3.01. The summed E-state index contributed by atoms with van der Waals surface area (Å²) in [5.74, 6) is -0.631. The minimum Gasteiger partial charge on any atom is -0.497 e. The van der Waals surface area contributed by atoms with Gasteiger partial charge < -0.3 is 9.47 Å². The van der Waals surface area contributed by atoms with Crippen LogP contribution in [0.15, 0.2) is 54.6 Å². The smallest absolute Gasteiger partial charge is 0.319 e. The maximum atomic E-state index is 12.5. The number of nitrogens with zero attached hydrogens (tertiary/aromatic N) is 1. The standard InChI is InChI=1S/C20H19NO4/c1-13(22)21-17-12-16(24-2)10-9-15(17)11-18(21)19(20(23)25-3)14-7-5-4-6-8-14/h4-12,19H,1-3H3. The Labute approximate surface area is 145 Å². The fourth-order valence-electron chi connectivity index (χ4n) is 3.08. The maximum absolute atomic E-state index is 12.5. The Balaban J connectivity index is 2.29. The minimum atomic E-state index is -0.687. The van der Waals surface area contributed by atoms with E-state index in [1.807, 2.05) is 48.5 Å². The van der Waals surface area contributed by atoms with Crippen LogP contribution in [0.25, 0.3) is 10.9 Å². The van der Waals surface area contributed by atoms with Crippen molar-refractivity contribution in [1.29, 1.82) is 0 Å². The zero-order valence-corrected chi connectivity index (χ0v) is 14.4. The van der Waals surface area contributed by atoms with Crippen LogP contribution >= 0.6 is 0 Å². The molecule has 2 aromatic carbocycles. The average molecular weight is 337 g/mol. The number of carbonyl (C=O) groups is 2. The second-order valence-electron chi connectivity index (χ2n) is 5.72. The van der Waals surface area contributed by atoms with Gasteiger partial charge in [0.15, 0.2) is 0 Å². The van der Waals surface area contributed by atoms with Gasteiger partial charge in [0.2, 0.25) is 5.91 Å². The van der Waals surface area contributed by atoms with Crippen LogP contribution < -0.4 is 4.74 Å². The summed E-state index contributed by atoms with van der Waals surface area (Å²) in [6, 6.07) is 16.6. The highest BCUT2D eigenvalue weighted by Gasteiger charge is 2.29. The summed E-state index contributed by atoms with van der Waals surface area (Å²) in [7, 11) is 2.92. The van der Waals surface area contributed by atoms with Crippen molar-refractivity contribution in [2.75, 3.05) is 14.2 Å². The van der Waals surface area contributed by atoms with Gasteiger partial charge in [-0.15, -0.1) is 0 Å². The van der Waals surface area contributed by atoms with Crippen LogP contribution in [0, 0.1) is 0 Å². The Morgan fingerprint density at radius 2 is 1.72 bits per heavy atom. The van der Waals surface area contributed by atoms with Crippen LogP contribution in [0.1, 0.15) is 28.9 Å². The summed E-state index contributed by atoms with van der Waals surface area (Å²) < 4.78 is 11.8. The van der Waals surface area contributed by atoms with Gasteiger partial charge in [-0.05, 0) is 23.8 Å². The van der Waals surface area contributed by atoms with Gasteiger partial charge in [0, 0.05) is 24.1 Å². The zero-order valence-electron chi connectivity index (χ0n) is 14.4. The van der Waals surface area contributed by atoms with Gasteiger partial charge in [-0.1, -0.05) is 30.3 Å². The quantitative estimate of drug-likeness (QED) is 0.682. The molecule has 0 radical (unpaired) electrons. The van der Waals surface area contributed by atoms with Gasteiger partial charge in [0.25, 0.3) is 0 Å². The number of esters is 1. The number of ether oxygens (including phenoxy) is 2. The molecule has 5 nitrogen and oxygen atoms in total. The highest BCUT2D eigenvalue weighted by molar-refractivity contribution is 5.96. The Bertz CT molecular complexity index is 928. The van der Waals surface area contributed by atoms with Gasteiger partial charge in [-0.2, -0.15) is 0 Å². The molecule has 0 saturated carbocycles. The van der Waals surface area contributed by atoms with Gasteiger partial charge in [-0.3, -0.25) is 14.2 Å². The Kier molecular flexibility index (Phi) is 4.57. The lowest BCUT2D eigenvalue weighted by molar-refractivity contribution is -0.141. The molecule has 0 aliphatic carbocycles. The Morgan fingerprint density at radius 3 is 2.32 bits per heavy atom. The highest BCUT2D eigenvalue weighted by Crippen LogP contribution is 2.33. The van der Waals surface area contributed by atoms with E-state index in [1.54, 1.807) is 17.7 Å². The summed E-state index contributed by atoms with van der Waals surface area (Å²) in [5.41, 5.74) is 2.05. The van der Waals surface area contributed by atoms with E-state index in [2.05, 4.69) is 0 Å². The van der Waals surface area contributed by atoms with Gasteiger partial charge in [-0.25, -0.2) is 0 Å². The second kappa shape index (κ2) is 6.81. The summed E-state index contributed by atoms with van der Waals surface area (Å²) in [5, 5.41) is 0.857. The van der Waals surface area contributed by atoms with E-state index in [9.17, 15) is 9.59 Å². The molecule has 1 unspecified atom stereocenters. The fraction of sp³-hybridized carbons (Fsp3) is 0.200. The molecule has 0 N–H and O–H groups in total. The van der Waals surface area contributed by atoms with Gasteiger partial charge in [0.1, 0.15) is 11.7 Å². The largest absolute Gasteiger partial charge is 0.497 e. The molecule has 3 rings (SSSR count). The van der Waals surface area contributed by atoms with Gasteiger partial charge in [0.05, 0.1) is 19.7 Å². The normalized spacial score (nSPS) is 12.0. The van der Waals surface area contributed by atoms with E-state index in [0.717, 1.165) is 10.9 Å². The van der Waals surface area contributed by atoms with Crippen LogP contribution in [0.4, 0.5) is 0 Å². The van der Waals surface area contributed by atoms with Crippen molar-refractivity contribution in [2.24, 2.45) is 0 Å². The number of rotatable bonds is 4. The van der Waals surface area contributed by atoms with Crippen molar-refractivity contribution >= 4 is 22.8 Å². The van der Waals surface area contributed by atoms with E-state index in [0.29, 0.717) is 17.0 Å². The molecule has 3 aromatic rings. The van der Waals surface area contributed by atoms with E-state index < -0.39 is 11.9 Å². The topological polar surface area (TPSA) is 57.5 Å². The predicted molar refractivity (Wildman–Crippen MR) is 95.1 cm³/mol. The van der Waals surface area contributed by atoms with Gasteiger partial charge >= 0.3 is 5.97 Å². The first-order valence-corrected chi connectivity index (χ1v) is 7.90. The third-order valence-corrected chi connectivity index (χ3v) is 4.22. The molecule has 0 amide bonds. The number of hydrogen-bond donors (Lipinski definition) is 0. The molecular formula is C20H19NO4. The summed E-state index contributed by atoms with van der Waals surface area (Å²) in [4.78, 5) is 24.9. The van der Waals surface area contributed by atoms with Crippen LogP contribution in [0.2, 0.25) is 0 Å². The lowest BCUT2D eigenvalue weighted by atomic mass is 9.95. The van der Waals surface area contributed by atoms with E-state index in [-0.39, 0.29) is 5.91 Å². The van der Waals surface area contributed by atoms with E-state index in [1.165, 1.54) is 14.0 Å². The fourth-order valence-corrected chi connectivity index (χ4v) is 3.08. The molecule has 0 aliphatic rings. The number of fused-ring (bicyclic) bond motifs is 1. The molecule has 0 fully saturated rings. The van der Waals surface area contributed by atoms with Crippen molar-refractivity contribution in [3.63, 3.8) is 0 Å². The number of hydrogen-bond acceptors (Lipinski definition) is 4. The molecule has 1 aromatic heterocycles. The van der Waals surface area contributed by atoms with Crippen LogP contribution in [0.5, 0.6) is 5.75 Å². The van der Waals surface area contributed by atoms with E-state index in [4.69, 9.17) is 9.47 Å². The summed E-state index contributed by atoms with van der Waals surface area (Å²) in [6.07, 6.45) is 0. The first kappa shape index (κ1) is 16.8. The van der Waals surface area contributed by atoms with Crippen LogP contribution in [-0.2, 0) is 9.53 Å². The Hall–Kier alpha value is -3.08. The van der Waals surface area contributed by atoms with Crippen molar-refractivity contribution in [2.45, 2.75) is 12.8 Å². The summed E-state index contributed by atoms with van der Waals surface area (Å²) in [6.45, 7) is 1.47. The third-order valence-electron chi connectivity index (χ3n) is 4.22. The van der Waals surface area contributed by atoms with Crippen molar-refractivity contribution in [3.05, 3.63) is 65.9 Å². The maximum Gasteiger partial charge on any atom is 0.319 e. The lowest BCUT2D eigenvalue weighted by Gasteiger charge is -2.17. The van der Waals surface area contributed by atoms with Crippen LogP contribution in [0.3, 0.4) is 0 Å². The number of aromatic nitrogens is 1. The monoisotopic (exact) mass is 337 g/mol. The highest BCUT2D eigenvalue weighted by atomic mass is 16.5. The molecule has 0 bridgehead atoms. The van der Waals surface area contributed by atoms with Crippen molar-refractivity contribution in [1.82, 2.24) is 4.57 Å². The number of carbonyl (C=O) groups excluding carboxylic acids is 2. The first-order valence-electron chi connectivity index (χ1n) is 7.90. The predicted octanol–water partition coefficient (Wildman–Crippen LogP) is 3.61. The molecule has 25 heavy (non-hydrogen) atoms. The summed E-state index contributed by atoms with van der Waals surface area (Å²) >= 11 is 0. The molecule has 128 valence electrons. The number of methoxy groups -OCH3 is 2. The lowest BCUT2D eigenvalue weighted by Crippen LogP contribution is -2.21. The Morgan fingerprint density at radius 1 is 1.00 bits per heavy atom. The zero-order chi connectivity index (χ0) is 18.0. The molecular weight excluding hydrogens is 318 g/mol.